The second kappa shape index (κ2) is 5.95. The highest BCUT2D eigenvalue weighted by Crippen LogP contribution is 2.28. The van der Waals surface area contributed by atoms with Gasteiger partial charge < -0.3 is 9.64 Å². The number of hydrogen-bond acceptors (Lipinski definition) is 3. The molecule has 0 bridgehead atoms. The van der Waals surface area contributed by atoms with Gasteiger partial charge in [0.1, 0.15) is 6.61 Å². The van der Waals surface area contributed by atoms with Crippen molar-refractivity contribution in [3.05, 3.63) is 18.0 Å². The zero-order valence-electron chi connectivity index (χ0n) is 12.1. The number of hydrogen-bond donors (Lipinski definition) is 0. The summed E-state index contributed by atoms with van der Waals surface area (Å²) in [5.74, 6) is 0.836. The van der Waals surface area contributed by atoms with Gasteiger partial charge in [0.15, 0.2) is 0 Å². The molecule has 0 unspecified atom stereocenters. The molecule has 1 aromatic rings. The summed E-state index contributed by atoms with van der Waals surface area (Å²) in [7, 11) is 0. The smallest absolute Gasteiger partial charge is 0.248 e. The highest BCUT2D eigenvalue weighted by molar-refractivity contribution is 5.77. The number of nitrogens with zero attached hydrogens (tertiary/aromatic N) is 3. The molecular formula is C15H23N3O2. The second-order valence-electron chi connectivity index (χ2n) is 6.09. The summed E-state index contributed by atoms with van der Waals surface area (Å²) in [6.45, 7) is 4.64. The van der Waals surface area contributed by atoms with E-state index in [1.165, 1.54) is 18.4 Å². The average molecular weight is 277 g/mol. The average Bonchev–Trinajstić information content (AvgIpc) is 3.18. The van der Waals surface area contributed by atoms with Crippen molar-refractivity contribution in [2.45, 2.75) is 38.6 Å². The highest BCUT2D eigenvalue weighted by Gasteiger charge is 2.26. The third-order valence-electron chi connectivity index (χ3n) is 4.13. The molecule has 1 aromatic heterocycles. The van der Waals surface area contributed by atoms with E-state index in [-0.39, 0.29) is 12.5 Å². The van der Waals surface area contributed by atoms with E-state index in [4.69, 9.17) is 4.74 Å². The Labute approximate surface area is 119 Å². The van der Waals surface area contributed by atoms with Crippen molar-refractivity contribution >= 4 is 5.91 Å². The maximum Gasteiger partial charge on any atom is 0.248 e. The molecule has 1 atom stereocenters. The summed E-state index contributed by atoms with van der Waals surface area (Å²) in [6.07, 6.45) is 8.59. The largest absolute Gasteiger partial charge is 0.371 e. The van der Waals surface area contributed by atoms with Gasteiger partial charge in [0.05, 0.1) is 18.8 Å². The number of carbonyl (C=O) groups is 1. The van der Waals surface area contributed by atoms with Crippen LogP contribution in [0.15, 0.2) is 12.4 Å². The molecule has 5 heteroatoms. The molecule has 1 aliphatic carbocycles. The maximum absolute atomic E-state index is 12.2. The molecule has 0 aromatic carbocycles. The van der Waals surface area contributed by atoms with Crippen LogP contribution in [0.3, 0.4) is 0 Å². The number of carbonyl (C=O) groups excluding carboxylic acids is 1. The molecule has 3 rings (SSSR count). The van der Waals surface area contributed by atoms with Gasteiger partial charge in [0.25, 0.3) is 0 Å². The van der Waals surface area contributed by atoms with Crippen LogP contribution in [-0.4, -0.2) is 46.9 Å². The van der Waals surface area contributed by atoms with Crippen molar-refractivity contribution in [3.63, 3.8) is 0 Å². The van der Waals surface area contributed by atoms with Gasteiger partial charge in [-0.15, -0.1) is 0 Å². The lowest BCUT2D eigenvalue weighted by molar-refractivity contribution is -0.138. The Morgan fingerprint density at radius 1 is 1.45 bits per heavy atom. The number of ether oxygens (including phenoxy) is 1. The number of amides is 1. The van der Waals surface area contributed by atoms with E-state index < -0.39 is 0 Å². The highest BCUT2D eigenvalue weighted by atomic mass is 16.5. The lowest BCUT2D eigenvalue weighted by Crippen LogP contribution is -2.42. The zero-order chi connectivity index (χ0) is 13.9. The van der Waals surface area contributed by atoms with Crippen molar-refractivity contribution < 1.29 is 9.53 Å². The predicted molar refractivity (Wildman–Crippen MR) is 75.4 cm³/mol. The number of rotatable bonds is 5. The van der Waals surface area contributed by atoms with Gasteiger partial charge >= 0.3 is 0 Å². The van der Waals surface area contributed by atoms with E-state index in [9.17, 15) is 4.79 Å². The fraction of sp³-hybridized carbons (Fsp3) is 0.733. The molecule has 0 N–H and O–H groups in total. The molecule has 2 fully saturated rings. The first-order valence-corrected chi connectivity index (χ1v) is 7.58. The van der Waals surface area contributed by atoms with Gasteiger partial charge in [-0.25, -0.2) is 0 Å². The first-order valence-electron chi connectivity index (χ1n) is 7.58. The maximum atomic E-state index is 12.2. The van der Waals surface area contributed by atoms with E-state index in [0.29, 0.717) is 12.0 Å². The molecule has 0 radical (unpaired) electrons. The third-order valence-corrected chi connectivity index (χ3v) is 4.13. The number of aromatic nitrogens is 2. The van der Waals surface area contributed by atoms with Crippen LogP contribution >= 0.6 is 0 Å². The van der Waals surface area contributed by atoms with Gasteiger partial charge in [-0.1, -0.05) is 0 Å². The van der Waals surface area contributed by atoms with E-state index in [0.717, 1.165) is 32.5 Å². The van der Waals surface area contributed by atoms with Gasteiger partial charge in [-0.05, 0) is 44.1 Å². The Bertz CT molecular complexity index is 467. The zero-order valence-corrected chi connectivity index (χ0v) is 12.1. The first-order chi connectivity index (χ1) is 9.72. The number of likely N-dealkylation sites (tertiary alicyclic amines) is 1. The Hall–Kier alpha value is -1.36. The van der Waals surface area contributed by atoms with E-state index >= 15 is 0 Å². The Kier molecular flexibility index (Phi) is 4.05. The monoisotopic (exact) mass is 277 g/mol. The summed E-state index contributed by atoms with van der Waals surface area (Å²) in [5.41, 5.74) is 1.17. The second-order valence-corrected chi connectivity index (χ2v) is 6.09. The minimum Gasteiger partial charge on any atom is -0.371 e. The Balaban J connectivity index is 1.50. The first kappa shape index (κ1) is 13.6. The van der Waals surface area contributed by atoms with Gasteiger partial charge in [-0.2, -0.15) is 5.10 Å². The quantitative estimate of drug-likeness (QED) is 0.824. The topological polar surface area (TPSA) is 47.4 Å². The van der Waals surface area contributed by atoms with Crippen LogP contribution in [0.1, 0.15) is 37.3 Å². The summed E-state index contributed by atoms with van der Waals surface area (Å²) >= 11 is 0. The van der Waals surface area contributed by atoms with Crippen LogP contribution in [-0.2, 0) is 9.53 Å². The van der Waals surface area contributed by atoms with E-state index in [1.54, 1.807) is 0 Å². The molecule has 5 nitrogen and oxygen atoms in total. The van der Waals surface area contributed by atoms with Gasteiger partial charge in [-0.3, -0.25) is 9.48 Å². The van der Waals surface area contributed by atoms with Crippen molar-refractivity contribution in [2.75, 3.05) is 26.3 Å². The Morgan fingerprint density at radius 2 is 2.30 bits per heavy atom. The van der Waals surface area contributed by atoms with Crippen molar-refractivity contribution in [3.8, 4) is 0 Å². The molecule has 2 aliphatic rings. The minimum atomic E-state index is 0.124. The molecule has 110 valence electrons. The Morgan fingerprint density at radius 3 is 3.00 bits per heavy atom. The van der Waals surface area contributed by atoms with Crippen LogP contribution in [0.25, 0.3) is 0 Å². The van der Waals surface area contributed by atoms with Crippen LogP contribution < -0.4 is 0 Å². The summed E-state index contributed by atoms with van der Waals surface area (Å²) in [4.78, 5) is 14.1. The molecule has 2 heterocycles. The van der Waals surface area contributed by atoms with Crippen molar-refractivity contribution in [1.82, 2.24) is 14.7 Å². The van der Waals surface area contributed by atoms with Gasteiger partial charge in [0.2, 0.25) is 5.91 Å². The fourth-order valence-electron chi connectivity index (χ4n) is 2.72. The van der Waals surface area contributed by atoms with Crippen LogP contribution in [0.2, 0.25) is 0 Å². The normalized spacial score (nSPS) is 23.1. The van der Waals surface area contributed by atoms with E-state index in [1.807, 2.05) is 22.7 Å². The molecule has 20 heavy (non-hydrogen) atoms. The van der Waals surface area contributed by atoms with Crippen molar-refractivity contribution in [2.24, 2.45) is 5.92 Å². The predicted octanol–water partition coefficient (Wildman–Crippen LogP) is 1.78. The van der Waals surface area contributed by atoms with Crippen molar-refractivity contribution in [1.29, 1.82) is 0 Å². The molecule has 1 amide bonds. The standard InChI is InChI=1S/C15H23N3O2/c1-12-7-16-18(8-12)14-3-2-6-17(9-14)15(19)11-20-10-13-4-5-13/h7-8,13-14H,2-6,9-11H2,1H3/t14-/m1/s1. The number of piperidine rings is 1. The van der Waals surface area contributed by atoms with E-state index in [2.05, 4.69) is 11.3 Å². The molecule has 1 saturated carbocycles. The lowest BCUT2D eigenvalue weighted by atomic mass is 10.1. The summed E-state index contributed by atoms with van der Waals surface area (Å²) < 4.78 is 7.50. The summed E-state index contributed by atoms with van der Waals surface area (Å²) in [6, 6.07) is 0.310. The van der Waals surface area contributed by atoms with Crippen LogP contribution in [0.4, 0.5) is 0 Å². The molecular weight excluding hydrogens is 254 g/mol. The van der Waals surface area contributed by atoms with Crippen LogP contribution in [0, 0.1) is 12.8 Å². The SMILES string of the molecule is Cc1cnn([C@@H]2CCCN(C(=O)COCC3CC3)C2)c1. The fourth-order valence-corrected chi connectivity index (χ4v) is 2.72. The number of aryl methyl sites for hydroxylation is 1. The lowest BCUT2D eigenvalue weighted by Gasteiger charge is -2.32. The minimum absolute atomic E-state index is 0.124. The molecule has 0 spiro atoms. The summed E-state index contributed by atoms with van der Waals surface area (Å²) in [5, 5.41) is 4.37. The molecule has 1 saturated heterocycles. The molecule has 1 aliphatic heterocycles. The van der Waals surface area contributed by atoms with Crippen LogP contribution in [0.5, 0.6) is 0 Å². The van der Waals surface area contributed by atoms with Gasteiger partial charge in [0, 0.05) is 19.3 Å². The third kappa shape index (κ3) is 3.39.